The fraction of sp³-hybridized carbons (Fsp3) is 0.250. The molecule has 0 aliphatic heterocycles. The Balaban J connectivity index is 2.36. The van der Waals surface area contributed by atoms with Crippen LogP contribution in [0.4, 0.5) is 4.39 Å². The van der Waals surface area contributed by atoms with Crippen LogP contribution in [-0.2, 0) is 0 Å². The van der Waals surface area contributed by atoms with Crippen molar-refractivity contribution >= 4 is 23.2 Å². The van der Waals surface area contributed by atoms with E-state index in [1.165, 1.54) is 6.07 Å². The molecular weight excluding hydrogens is 312 g/mol. The van der Waals surface area contributed by atoms with Crippen LogP contribution in [0.3, 0.4) is 0 Å². The minimum atomic E-state index is -0.414. The monoisotopic (exact) mass is 327 g/mol. The van der Waals surface area contributed by atoms with Crippen LogP contribution in [0.1, 0.15) is 25.5 Å². The van der Waals surface area contributed by atoms with Gasteiger partial charge in [0.25, 0.3) is 0 Å². The third kappa shape index (κ3) is 3.88. The van der Waals surface area contributed by atoms with E-state index >= 15 is 0 Å². The van der Waals surface area contributed by atoms with Gasteiger partial charge in [0.2, 0.25) is 0 Å². The van der Waals surface area contributed by atoms with Gasteiger partial charge in [-0.25, -0.2) is 4.39 Å². The van der Waals surface area contributed by atoms with Gasteiger partial charge in [-0.3, -0.25) is 0 Å². The number of hydrogen-bond donors (Lipinski definition) is 1. The molecule has 1 N–H and O–H groups in total. The molecule has 112 valence electrons. The van der Waals surface area contributed by atoms with Crippen LogP contribution in [0, 0.1) is 5.82 Å². The summed E-state index contributed by atoms with van der Waals surface area (Å²) in [6.07, 6.45) is 0. The number of nitrogens with one attached hydrogen (secondary N) is 1. The summed E-state index contributed by atoms with van der Waals surface area (Å²) < 4.78 is 19.8. The molecule has 0 radical (unpaired) electrons. The van der Waals surface area contributed by atoms with Gasteiger partial charge in [-0.1, -0.05) is 42.3 Å². The highest BCUT2D eigenvalue weighted by Gasteiger charge is 2.16. The first-order chi connectivity index (χ1) is 10.0. The Hall–Kier alpha value is -1.29. The quantitative estimate of drug-likeness (QED) is 0.772. The topological polar surface area (TPSA) is 21.3 Å². The van der Waals surface area contributed by atoms with Gasteiger partial charge in [0.05, 0.1) is 10.0 Å². The molecule has 0 heterocycles. The van der Waals surface area contributed by atoms with Gasteiger partial charge in [0, 0.05) is 17.7 Å². The lowest BCUT2D eigenvalue weighted by Gasteiger charge is -2.18. The smallest absolute Gasteiger partial charge is 0.167 e. The molecule has 2 rings (SSSR count). The average molecular weight is 328 g/mol. The molecule has 1 atom stereocenters. The lowest BCUT2D eigenvalue weighted by molar-refractivity contribution is 0.426. The maximum absolute atomic E-state index is 14.1. The van der Waals surface area contributed by atoms with Gasteiger partial charge in [0.15, 0.2) is 11.6 Å². The highest BCUT2D eigenvalue weighted by Crippen LogP contribution is 2.34. The van der Waals surface area contributed by atoms with Crippen molar-refractivity contribution in [3.05, 3.63) is 57.8 Å². The molecule has 0 amide bonds. The van der Waals surface area contributed by atoms with Crippen LogP contribution in [0.2, 0.25) is 10.0 Å². The lowest BCUT2D eigenvalue weighted by Crippen LogP contribution is -2.18. The Morgan fingerprint density at radius 2 is 1.95 bits per heavy atom. The number of ether oxygens (including phenoxy) is 1. The van der Waals surface area contributed by atoms with Crippen LogP contribution >= 0.6 is 23.2 Å². The molecule has 0 saturated carbocycles. The van der Waals surface area contributed by atoms with E-state index in [-0.39, 0.29) is 11.8 Å². The SMILES string of the molecule is CCNC(C)c1cccc(F)c1Oc1ccc(Cl)c(Cl)c1. The second-order valence-electron chi connectivity index (χ2n) is 4.62. The molecule has 2 aromatic rings. The molecule has 0 saturated heterocycles. The number of halogens is 3. The lowest BCUT2D eigenvalue weighted by atomic mass is 10.1. The molecular formula is C16H16Cl2FNO. The molecule has 0 aliphatic rings. The second-order valence-corrected chi connectivity index (χ2v) is 5.43. The third-order valence-corrected chi connectivity index (χ3v) is 3.82. The van der Waals surface area contributed by atoms with Gasteiger partial charge in [-0.05, 0) is 31.7 Å². The predicted molar refractivity (Wildman–Crippen MR) is 85.0 cm³/mol. The first-order valence-corrected chi connectivity index (χ1v) is 7.43. The van der Waals surface area contributed by atoms with Crippen molar-refractivity contribution in [1.82, 2.24) is 5.32 Å². The van der Waals surface area contributed by atoms with E-state index in [2.05, 4.69) is 5.32 Å². The molecule has 2 nitrogen and oxygen atoms in total. The summed E-state index contributed by atoms with van der Waals surface area (Å²) in [4.78, 5) is 0. The van der Waals surface area contributed by atoms with Crippen molar-refractivity contribution in [3.63, 3.8) is 0 Å². The van der Waals surface area contributed by atoms with Crippen LogP contribution in [0.25, 0.3) is 0 Å². The van der Waals surface area contributed by atoms with E-state index in [0.29, 0.717) is 15.8 Å². The normalized spacial score (nSPS) is 12.2. The number of para-hydroxylation sites is 1. The fourth-order valence-electron chi connectivity index (χ4n) is 2.05. The van der Waals surface area contributed by atoms with Gasteiger partial charge >= 0.3 is 0 Å². The molecule has 0 aromatic heterocycles. The zero-order valence-electron chi connectivity index (χ0n) is 11.8. The molecule has 0 spiro atoms. The maximum Gasteiger partial charge on any atom is 0.167 e. The highest BCUT2D eigenvalue weighted by atomic mass is 35.5. The first-order valence-electron chi connectivity index (χ1n) is 6.67. The van der Waals surface area contributed by atoms with Crippen molar-refractivity contribution in [2.24, 2.45) is 0 Å². The Kier molecular flexibility index (Phi) is 5.45. The maximum atomic E-state index is 14.1. The minimum Gasteiger partial charge on any atom is -0.454 e. The van der Waals surface area contributed by atoms with Crippen molar-refractivity contribution in [2.45, 2.75) is 19.9 Å². The Bertz CT molecular complexity index is 634. The van der Waals surface area contributed by atoms with Crippen LogP contribution in [0.5, 0.6) is 11.5 Å². The van der Waals surface area contributed by atoms with Gasteiger partial charge in [-0.2, -0.15) is 0 Å². The molecule has 2 aromatic carbocycles. The molecule has 0 aliphatic carbocycles. The van der Waals surface area contributed by atoms with E-state index in [1.807, 2.05) is 19.9 Å². The van der Waals surface area contributed by atoms with Crippen LogP contribution < -0.4 is 10.1 Å². The summed E-state index contributed by atoms with van der Waals surface area (Å²) in [5.74, 6) is 0.229. The number of rotatable bonds is 5. The molecule has 5 heteroatoms. The van der Waals surface area contributed by atoms with Gasteiger partial charge in [-0.15, -0.1) is 0 Å². The molecule has 1 unspecified atom stereocenters. The largest absolute Gasteiger partial charge is 0.454 e. The summed E-state index contributed by atoms with van der Waals surface area (Å²) in [5, 5.41) is 4.04. The predicted octanol–water partition coefficient (Wildman–Crippen LogP) is 5.60. The Morgan fingerprint density at radius 1 is 1.19 bits per heavy atom. The third-order valence-electron chi connectivity index (χ3n) is 3.09. The average Bonchev–Trinajstić information content (AvgIpc) is 2.45. The molecule has 21 heavy (non-hydrogen) atoms. The van der Waals surface area contributed by atoms with E-state index < -0.39 is 5.82 Å². The zero-order chi connectivity index (χ0) is 15.4. The van der Waals surface area contributed by atoms with Crippen molar-refractivity contribution < 1.29 is 9.13 Å². The van der Waals surface area contributed by atoms with Crippen LogP contribution in [0.15, 0.2) is 36.4 Å². The second kappa shape index (κ2) is 7.12. The van der Waals surface area contributed by atoms with E-state index in [9.17, 15) is 4.39 Å². The number of benzene rings is 2. The van der Waals surface area contributed by atoms with Crippen LogP contribution in [-0.4, -0.2) is 6.54 Å². The van der Waals surface area contributed by atoms with E-state index in [4.69, 9.17) is 27.9 Å². The van der Waals surface area contributed by atoms with Gasteiger partial charge in [0.1, 0.15) is 5.75 Å². The summed E-state index contributed by atoms with van der Waals surface area (Å²) >= 11 is 11.8. The molecule has 0 fully saturated rings. The summed E-state index contributed by atoms with van der Waals surface area (Å²) in [6.45, 7) is 4.74. The van der Waals surface area contributed by atoms with E-state index in [0.717, 1.165) is 12.1 Å². The van der Waals surface area contributed by atoms with E-state index in [1.54, 1.807) is 24.3 Å². The van der Waals surface area contributed by atoms with Gasteiger partial charge < -0.3 is 10.1 Å². The highest BCUT2D eigenvalue weighted by molar-refractivity contribution is 6.42. The summed E-state index contributed by atoms with van der Waals surface area (Å²) in [7, 11) is 0. The minimum absolute atomic E-state index is 0.0246. The first kappa shape index (κ1) is 16.1. The van der Waals surface area contributed by atoms with Crippen molar-refractivity contribution in [1.29, 1.82) is 0 Å². The summed E-state index contributed by atoms with van der Waals surface area (Å²) in [6, 6.07) is 9.69. The van der Waals surface area contributed by atoms with Crippen molar-refractivity contribution in [3.8, 4) is 11.5 Å². The zero-order valence-corrected chi connectivity index (χ0v) is 13.3. The Morgan fingerprint density at radius 3 is 2.62 bits per heavy atom. The Labute approximate surface area is 133 Å². The fourth-order valence-corrected chi connectivity index (χ4v) is 2.34. The van der Waals surface area contributed by atoms with Crippen molar-refractivity contribution in [2.75, 3.05) is 6.54 Å². The number of hydrogen-bond acceptors (Lipinski definition) is 2. The standard InChI is InChI=1S/C16H16Cl2FNO/c1-3-20-10(2)12-5-4-6-15(19)16(12)21-11-7-8-13(17)14(18)9-11/h4-10,20H,3H2,1-2H3. The summed E-state index contributed by atoms with van der Waals surface area (Å²) in [5.41, 5.74) is 0.753. The molecule has 0 bridgehead atoms.